The molecule has 0 bridgehead atoms. The minimum atomic E-state index is -0.201. The van der Waals surface area contributed by atoms with Crippen LogP contribution in [0.25, 0.3) is 0 Å². The zero-order chi connectivity index (χ0) is 14.2. The molecule has 3 nitrogen and oxygen atoms in total. The fraction of sp³-hybridized carbons (Fsp3) is 0.941. The Bertz CT molecular complexity index is 290. The van der Waals surface area contributed by atoms with Crippen molar-refractivity contribution in [3.63, 3.8) is 0 Å². The number of unbranched alkanes of at least 4 members (excludes halogenated alkanes) is 10. The average Bonchev–Trinajstić information content (AvgIpc) is 3.18. The molecule has 20 heavy (non-hydrogen) atoms. The Morgan fingerprint density at radius 2 is 1.40 bits per heavy atom. The number of epoxide rings is 1. The van der Waals surface area contributed by atoms with Crippen LogP contribution in [0.2, 0.25) is 0 Å². The largest absolute Gasteiger partial charge is 0.457 e. The molecule has 3 heteroatoms. The first-order valence-electron chi connectivity index (χ1n) is 8.69. The van der Waals surface area contributed by atoms with Gasteiger partial charge in [0.25, 0.3) is 0 Å². The topological polar surface area (TPSA) is 38.8 Å². The molecule has 2 aliphatic rings. The van der Waals surface area contributed by atoms with Gasteiger partial charge < -0.3 is 9.47 Å². The van der Waals surface area contributed by atoms with Crippen LogP contribution in [0, 0.1) is 0 Å². The maximum absolute atomic E-state index is 11.2. The standard InChI is InChI=1S/C17H30O3/c1-2-3-4-5-6-7-8-9-10-11-12-13-14-15-16(20-15)17(18)19-14/h14-16H,2-13H2,1H3/t14-,15+,16+/m0/s1. The van der Waals surface area contributed by atoms with Crippen LogP contribution in [0.1, 0.15) is 84.0 Å². The number of rotatable bonds is 12. The van der Waals surface area contributed by atoms with Gasteiger partial charge in [-0.25, -0.2) is 4.79 Å². The van der Waals surface area contributed by atoms with E-state index in [2.05, 4.69) is 6.92 Å². The molecule has 0 N–H and O–H groups in total. The van der Waals surface area contributed by atoms with Crippen LogP contribution in [0.4, 0.5) is 0 Å². The van der Waals surface area contributed by atoms with E-state index in [1.807, 2.05) is 0 Å². The fourth-order valence-electron chi connectivity index (χ4n) is 3.11. The summed E-state index contributed by atoms with van der Waals surface area (Å²) in [4.78, 5) is 11.2. The smallest absolute Gasteiger partial charge is 0.338 e. The number of fused-ring (bicyclic) bond motifs is 1. The second kappa shape index (κ2) is 8.66. The zero-order valence-electron chi connectivity index (χ0n) is 12.9. The summed E-state index contributed by atoms with van der Waals surface area (Å²) < 4.78 is 10.5. The summed E-state index contributed by atoms with van der Waals surface area (Å²) in [6, 6.07) is 0. The Morgan fingerprint density at radius 1 is 0.850 bits per heavy atom. The minimum absolute atomic E-state index is 0.0612. The quantitative estimate of drug-likeness (QED) is 0.303. The van der Waals surface area contributed by atoms with E-state index in [1.165, 1.54) is 70.6 Å². The molecule has 0 unspecified atom stereocenters. The van der Waals surface area contributed by atoms with Crippen LogP contribution in [0.15, 0.2) is 0 Å². The van der Waals surface area contributed by atoms with Crippen molar-refractivity contribution < 1.29 is 14.3 Å². The number of esters is 1. The minimum Gasteiger partial charge on any atom is -0.457 e. The summed E-state index contributed by atoms with van der Waals surface area (Å²) in [5.41, 5.74) is 0. The van der Waals surface area contributed by atoms with Gasteiger partial charge in [0.05, 0.1) is 0 Å². The highest BCUT2D eigenvalue weighted by Gasteiger charge is 2.58. The first-order chi connectivity index (χ1) is 9.83. The SMILES string of the molecule is CCCCCCCCCCCCC[C@@H]1OC(=O)[C@@H]2O[C@H]12. The van der Waals surface area contributed by atoms with Gasteiger partial charge in [-0.1, -0.05) is 71.1 Å². The maximum Gasteiger partial charge on any atom is 0.338 e. The monoisotopic (exact) mass is 282 g/mol. The number of carbonyl (C=O) groups is 1. The summed E-state index contributed by atoms with van der Waals surface area (Å²) in [7, 11) is 0. The molecule has 2 rings (SSSR count). The molecular formula is C17H30O3. The van der Waals surface area contributed by atoms with Gasteiger partial charge in [0.1, 0.15) is 12.2 Å². The predicted molar refractivity (Wildman–Crippen MR) is 79.6 cm³/mol. The van der Waals surface area contributed by atoms with E-state index in [9.17, 15) is 4.79 Å². The molecule has 0 aliphatic carbocycles. The van der Waals surface area contributed by atoms with E-state index < -0.39 is 0 Å². The van der Waals surface area contributed by atoms with Gasteiger partial charge >= 0.3 is 5.97 Å². The van der Waals surface area contributed by atoms with Crippen molar-refractivity contribution in [2.45, 2.75) is 102 Å². The lowest BCUT2D eigenvalue weighted by Gasteiger charge is -2.10. The third kappa shape index (κ3) is 5.08. The molecule has 0 saturated carbocycles. The molecule has 0 radical (unpaired) electrons. The highest BCUT2D eigenvalue weighted by Crippen LogP contribution is 2.37. The number of ether oxygens (including phenoxy) is 2. The highest BCUT2D eigenvalue weighted by molar-refractivity contribution is 5.81. The molecule has 0 aromatic rings. The van der Waals surface area contributed by atoms with Crippen LogP contribution >= 0.6 is 0 Å². The van der Waals surface area contributed by atoms with Crippen molar-refractivity contribution >= 4 is 5.97 Å². The molecule has 2 saturated heterocycles. The third-order valence-electron chi connectivity index (χ3n) is 4.48. The summed E-state index contributed by atoms with van der Waals surface area (Å²) in [5.74, 6) is -0.136. The van der Waals surface area contributed by atoms with Crippen LogP contribution in [0.3, 0.4) is 0 Å². The molecule has 2 aliphatic heterocycles. The summed E-state index contributed by atoms with van der Waals surface area (Å²) in [6.45, 7) is 2.27. The fourth-order valence-corrected chi connectivity index (χ4v) is 3.11. The van der Waals surface area contributed by atoms with Crippen LogP contribution in [0.5, 0.6) is 0 Å². The molecule has 116 valence electrons. The van der Waals surface area contributed by atoms with Gasteiger partial charge in [-0.2, -0.15) is 0 Å². The highest BCUT2D eigenvalue weighted by atomic mass is 16.7. The van der Waals surface area contributed by atoms with Gasteiger partial charge in [0, 0.05) is 0 Å². The van der Waals surface area contributed by atoms with Gasteiger partial charge in [0.2, 0.25) is 0 Å². The second-order valence-electron chi connectivity index (χ2n) is 6.32. The van der Waals surface area contributed by atoms with Gasteiger partial charge in [0.15, 0.2) is 6.10 Å². The molecular weight excluding hydrogens is 252 g/mol. The number of hydrogen-bond acceptors (Lipinski definition) is 3. The lowest BCUT2D eigenvalue weighted by molar-refractivity contribution is -0.149. The van der Waals surface area contributed by atoms with Gasteiger partial charge in [-0.3, -0.25) is 0 Å². The Morgan fingerprint density at radius 3 is 1.85 bits per heavy atom. The zero-order valence-corrected chi connectivity index (χ0v) is 12.9. The van der Waals surface area contributed by atoms with Crippen molar-refractivity contribution in [2.75, 3.05) is 0 Å². The Labute approximate surface area is 123 Å². The molecule has 2 fully saturated rings. The van der Waals surface area contributed by atoms with E-state index in [0.29, 0.717) is 0 Å². The summed E-state index contributed by atoms with van der Waals surface area (Å²) >= 11 is 0. The maximum atomic E-state index is 11.2. The first-order valence-corrected chi connectivity index (χ1v) is 8.69. The number of hydrogen-bond donors (Lipinski definition) is 0. The van der Waals surface area contributed by atoms with Gasteiger partial charge in [-0.05, 0) is 12.8 Å². The normalized spacial score (nSPS) is 27.4. The van der Waals surface area contributed by atoms with E-state index in [0.717, 1.165) is 6.42 Å². The van der Waals surface area contributed by atoms with E-state index in [-0.39, 0.29) is 24.3 Å². The number of carbonyl (C=O) groups excluding carboxylic acids is 1. The lowest BCUT2D eigenvalue weighted by atomic mass is 10.0. The molecule has 0 aromatic carbocycles. The van der Waals surface area contributed by atoms with E-state index in [1.54, 1.807) is 0 Å². The van der Waals surface area contributed by atoms with Crippen molar-refractivity contribution in [1.82, 2.24) is 0 Å². The summed E-state index contributed by atoms with van der Waals surface area (Å²) in [5, 5.41) is 0. The van der Waals surface area contributed by atoms with Crippen molar-refractivity contribution in [3.8, 4) is 0 Å². The Balaban J connectivity index is 1.32. The Hall–Kier alpha value is -0.570. The molecule has 0 amide bonds. The van der Waals surface area contributed by atoms with Crippen LogP contribution in [-0.2, 0) is 14.3 Å². The van der Waals surface area contributed by atoms with Crippen LogP contribution in [-0.4, -0.2) is 24.3 Å². The van der Waals surface area contributed by atoms with Crippen LogP contribution < -0.4 is 0 Å². The van der Waals surface area contributed by atoms with Crippen molar-refractivity contribution in [1.29, 1.82) is 0 Å². The van der Waals surface area contributed by atoms with E-state index >= 15 is 0 Å². The van der Waals surface area contributed by atoms with E-state index in [4.69, 9.17) is 9.47 Å². The third-order valence-corrected chi connectivity index (χ3v) is 4.48. The predicted octanol–water partition coefficient (Wildman–Crippen LogP) is 4.38. The molecule has 0 aromatic heterocycles. The lowest BCUT2D eigenvalue weighted by Crippen LogP contribution is -2.15. The van der Waals surface area contributed by atoms with Crippen molar-refractivity contribution in [2.24, 2.45) is 0 Å². The summed E-state index contributed by atoms with van der Waals surface area (Å²) in [6.07, 6.45) is 15.9. The Kier molecular flexibility index (Phi) is 6.85. The number of cyclic esters (lactones) is 1. The first kappa shape index (κ1) is 15.8. The molecule has 3 atom stereocenters. The second-order valence-corrected chi connectivity index (χ2v) is 6.32. The molecule has 2 heterocycles. The van der Waals surface area contributed by atoms with Gasteiger partial charge in [-0.15, -0.1) is 0 Å². The average molecular weight is 282 g/mol. The molecule has 0 spiro atoms. The van der Waals surface area contributed by atoms with Crippen molar-refractivity contribution in [3.05, 3.63) is 0 Å².